The number of hydrogen-bond acceptors (Lipinski definition) is 5. The summed E-state index contributed by atoms with van der Waals surface area (Å²) in [7, 11) is 0. The van der Waals surface area contributed by atoms with Crippen molar-refractivity contribution in [1.82, 2.24) is 9.80 Å². The van der Waals surface area contributed by atoms with Gasteiger partial charge in [-0.25, -0.2) is 0 Å². The number of phenols is 1. The van der Waals surface area contributed by atoms with Crippen LogP contribution in [0.15, 0.2) is 71.3 Å². The average Bonchev–Trinajstić information content (AvgIpc) is 3.51. The summed E-state index contributed by atoms with van der Waals surface area (Å²) in [6.45, 7) is 7.54. The van der Waals surface area contributed by atoms with Gasteiger partial charge in [0.25, 0.3) is 0 Å². The zero-order valence-electron chi connectivity index (χ0n) is 24.3. The summed E-state index contributed by atoms with van der Waals surface area (Å²) in [4.78, 5) is 31.8. The van der Waals surface area contributed by atoms with E-state index >= 15 is 0 Å². The van der Waals surface area contributed by atoms with Crippen molar-refractivity contribution < 1.29 is 19.4 Å². The Morgan fingerprint density at radius 3 is 2.54 bits per heavy atom. The fourth-order valence-corrected chi connectivity index (χ4v) is 7.70. The molecule has 1 N–H and O–H groups in total. The third-order valence-corrected chi connectivity index (χ3v) is 9.72. The van der Waals surface area contributed by atoms with Crippen LogP contribution in [0.2, 0.25) is 0 Å². The van der Waals surface area contributed by atoms with E-state index in [0.717, 1.165) is 57.3 Å². The van der Waals surface area contributed by atoms with Crippen LogP contribution in [0.25, 0.3) is 6.08 Å². The fraction of sp³-hybridized carbons (Fsp3) is 0.486. The SMILES string of the molecule is CCC1=C2[C@@H](CC/C(C)=C/c3cccc(O)c3)OC[C@@H]2[C@@H]2C(=O)N(C3CCN(Cc4ccccc4)CC3)C(=O)[C@@H]2C1. The summed E-state index contributed by atoms with van der Waals surface area (Å²) in [6.07, 6.45) is 7.13. The Balaban J connectivity index is 1.11. The van der Waals surface area contributed by atoms with E-state index in [1.165, 1.54) is 22.3 Å². The van der Waals surface area contributed by atoms with Crippen LogP contribution in [0.3, 0.4) is 0 Å². The highest BCUT2D eigenvalue weighted by atomic mass is 16.5. The number of piperidine rings is 1. The Hall–Kier alpha value is -3.22. The number of fused-ring (bicyclic) bond motifs is 3. The maximum Gasteiger partial charge on any atom is 0.234 e. The normalized spacial score (nSPS) is 27.5. The second kappa shape index (κ2) is 11.9. The molecule has 3 aliphatic heterocycles. The van der Waals surface area contributed by atoms with E-state index in [1.54, 1.807) is 17.0 Å². The molecule has 6 heteroatoms. The number of phenolic OH excluding ortho intramolecular Hbond substituents is 1. The first-order valence-corrected chi connectivity index (χ1v) is 15.4. The lowest BCUT2D eigenvalue weighted by Gasteiger charge is -2.36. The van der Waals surface area contributed by atoms with E-state index in [2.05, 4.69) is 49.1 Å². The average molecular weight is 555 g/mol. The van der Waals surface area contributed by atoms with E-state index < -0.39 is 0 Å². The molecule has 4 atom stereocenters. The lowest BCUT2D eigenvalue weighted by Crippen LogP contribution is -2.47. The van der Waals surface area contributed by atoms with Gasteiger partial charge in [0.2, 0.25) is 11.8 Å². The van der Waals surface area contributed by atoms with Crippen LogP contribution in [0.5, 0.6) is 5.75 Å². The minimum atomic E-state index is -0.274. The Bertz CT molecular complexity index is 1340. The van der Waals surface area contributed by atoms with Crippen molar-refractivity contribution in [3.63, 3.8) is 0 Å². The Labute approximate surface area is 243 Å². The molecule has 3 saturated heterocycles. The number of nitrogens with zero attached hydrogens (tertiary/aromatic N) is 2. The Kier molecular flexibility index (Phi) is 8.14. The molecule has 3 heterocycles. The monoisotopic (exact) mass is 554 g/mol. The highest BCUT2D eigenvalue weighted by Crippen LogP contribution is 2.51. The Morgan fingerprint density at radius 1 is 1.02 bits per heavy atom. The molecule has 2 aromatic carbocycles. The van der Waals surface area contributed by atoms with Gasteiger partial charge in [0, 0.05) is 31.6 Å². The van der Waals surface area contributed by atoms with Crippen molar-refractivity contribution in [3.05, 3.63) is 82.4 Å². The van der Waals surface area contributed by atoms with E-state index in [1.807, 2.05) is 18.2 Å². The maximum atomic E-state index is 13.9. The summed E-state index contributed by atoms with van der Waals surface area (Å²) in [5, 5.41) is 9.78. The molecule has 1 aliphatic carbocycles. The molecule has 0 radical (unpaired) electrons. The molecule has 6 rings (SSSR count). The maximum absolute atomic E-state index is 13.9. The molecular formula is C35H42N2O4. The van der Waals surface area contributed by atoms with Gasteiger partial charge in [-0.15, -0.1) is 0 Å². The lowest BCUT2D eigenvalue weighted by molar-refractivity contribution is -0.144. The van der Waals surface area contributed by atoms with Crippen molar-refractivity contribution in [2.45, 2.75) is 71.1 Å². The number of rotatable bonds is 8. The molecular weight excluding hydrogens is 512 g/mol. The summed E-state index contributed by atoms with van der Waals surface area (Å²) >= 11 is 0. The quantitative estimate of drug-likeness (QED) is 0.322. The number of imide groups is 1. The molecule has 0 saturated carbocycles. The van der Waals surface area contributed by atoms with Crippen LogP contribution < -0.4 is 0 Å². The second-order valence-corrected chi connectivity index (χ2v) is 12.3. The number of ether oxygens (including phenoxy) is 1. The number of carbonyl (C=O) groups is 2. The van der Waals surface area contributed by atoms with Gasteiger partial charge in [-0.1, -0.05) is 66.6 Å². The first-order chi connectivity index (χ1) is 19.9. The van der Waals surface area contributed by atoms with Crippen molar-refractivity contribution in [2.24, 2.45) is 17.8 Å². The predicted octanol–water partition coefficient (Wildman–Crippen LogP) is 5.97. The first-order valence-electron chi connectivity index (χ1n) is 15.4. The molecule has 41 heavy (non-hydrogen) atoms. The summed E-state index contributed by atoms with van der Waals surface area (Å²) in [5.41, 5.74) is 6.15. The third-order valence-electron chi connectivity index (χ3n) is 9.72. The van der Waals surface area contributed by atoms with Crippen LogP contribution in [0.1, 0.15) is 63.5 Å². The molecule has 0 bridgehead atoms. The van der Waals surface area contributed by atoms with Crippen LogP contribution in [-0.2, 0) is 20.9 Å². The zero-order chi connectivity index (χ0) is 28.5. The highest BCUT2D eigenvalue weighted by Gasteiger charge is 2.58. The Morgan fingerprint density at radius 2 is 1.80 bits per heavy atom. The molecule has 216 valence electrons. The molecule has 0 aromatic heterocycles. The minimum Gasteiger partial charge on any atom is -0.508 e. The zero-order valence-corrected chi connectivity index (χ0v) is 24.3. The van der Waals surface area contributed by atoms with Crippen molar-refractivity contribution >= 4 is 17.9 Å². The largest absolute Gasteiger partial charge is 0.508 e. The minimum absolute atomic E-state index is 0.00148. The fourth-order valence-electron chi connectivity index (χ4n) is 7.70. The van der Waals surface area contributed by atoms with Gasteiger partial charge in [0.15, 0.2) is 0 Å². The molecule has 3 fully saturated rings. The number of hydrogen-bond donors (Lipinski definition) is 1. The van der Waals surface area contributed by atoms with Gasteiger partial charge in [-0.05, 0) is 74.3 Å². The van der Waals surface area contributed by atoms with Crippen LogP contribution in [0.4, 0.5) is 0 Å². The van der Waals surface area contributed by atoms with Gasteiger partial charge in [0.05, 0.1) is 24.5 Å². The predicted molar refractivity (Wildman–Crippen MR) is 160 cm³/mol. The number of amides is 2. The van der Waals surface area contributed by atoms with Crippen LogP contribution in [0, 0.1) is 17.8 Å². The lowest BCUT2D eigenvalue weighted by atomic mass is 9.69. The van der Waals surface area contributed by atoms with Crippen LogP contribution in [-0.4, -0.2) is 58.6 Å². The van der Waals surface area contributed by atoms with Crippen LogP contribution >= 0.6 is 0 Å². The summed E-state index contributed by atoms with van der Waals surface area (Å²) in [6, 6.07) is 17.8. The molecule has 2 aromatic rings. The molecule has 0 spiro atoms. The van der Waals surface area contributed by atoms with Gasteiger partial charge < -0.3 is 9.84 Å². The van der Waals surface area contributed by atoms with Gasteiger partial charge in [-0.2, -0.15) is 0 Å². The van der Waals surface area contributed by atoms with Gasteiger partial charge in [0.1, 0.15) is 5.75 Å². The number of allylic oxidation sites excluding steroid dienone is 2. The standard InChI is InChI=1S/C35H42N2O4/c1-3-26-20-29-33(30-22-41-31(32(26)30)13-12-23(2)18-25-10-7-11-28(38)19-25)35(40)37(34(29)39)27-14-16-36(17-15-27)21-24-8-5-4-6-9-24/h4-11,18-19,27,29-31,33,38H,3,12-17,20-22H2,1-2H3/b23-18+/t29-,30+,31-,33-/m1/s1. The topological polar surface area (TPSA) is 70.1 Å². The molecule has 6 nitrogen and oxygen atoms in total. The smallest absolute Gasteiger partial charge is 0.234 e. The van der Waals surface area contributed by atoms with E-state index in [-0.39, 0.29) is 47.5 Å². The number of carbonyl (C=O) groups excluding carboxylic acids is 2. The van der Waals surface area contributed by atoms with Gasteiger partial charge in [-0.3, -0.25) is 19.4 Å². The van der Waals surface area contributed by atoms with Crippen molar-refractivity contribution in [1.29, 1.82) is 0 Å². The number of benzene rings is 2. The summed E-state index contributed by atoms with van der Waals surface area (Å²) in [5.74, 6) is -0.121. The van der Waals surface area contributed by atoms with Crippen molar-refractivity contribution in [3.8, 4) is 5.75 Å². The van der Waals surface area contributed by atoms with Gasteiger partial charge >= 0.3 is 0 Å². The molecule has 4 aliphatic rings. The van der Waals surface area contributed by atoms with E-state index in [9.17, 15) is 14.7 Å². The summed E-state index contributed by atoms with van der Waals surface area (Å²) < 4.78 is 6.38. The number of likely N-dealkylation sites (tertiary alicyclic amines) is 2. The molecule has 0 unspecified atom stereocenters. The number of aromatic hydroxyl groups is 1. The van der Waals surface area contributed by atoms with Crippen molar-refractivity contribution in [2.75, 3.05) is 19.7 Å². The van der Waals surface area contributed by atoms with E-state index in [0.29, 0.717) is 13.0 Å². The highest BCUT2D eigenvalue weighted by molar-refractivity contribution is 6.06. The third kappa shape index (κ3) is 5.64. The first kappa shape index (κ1) is 27.9. The van der Waals surface area contributed by atoms with E-state index in [4.69, 9.17) is 4.74 Å². The second-order valence-electron chi connectivity index (χ2n) is 12.3. The molecule has 2 amide bonds.